The van der Waals surface area contributed by atoms with Crippen LogP contribution in [0.5, 0.6) is 0 Å². The standard InChI is InChI=1S/C17H20F3N3O/c1-11-13(8-21-22(11)2)9-23-10-15(24)7-16(23)12-3-5-14(6-4-12)17(18,19)20/h3-6,8,15-16,24H,7,9-10H2,1-2H3. The summed E-state index contributed by atoms with van der Waals surface area (Å²) in [5, 5.41) is 14.2. The number of β-amino-alcohol motifs (C(OH)–C–C–N with tert-alkyl or cyclic N) is 1. The lowest BCUT2D eigenvalue weighted by Crippen LogP contribution is -2.24. The number of hydrogen-bond acceptors (Lipinski definition) is 3. The van der Waals surface area contributed by atoms with E-state index in [1.807, 2.05) is 14.0 Å². The third-order valence-corrected chi connectivity index (χ3v) is 4.71. The maximum Gasteiger partial charge on any atom is 0.416 e. The van der Waals surface area contributed by atoms with Crippen molar-refractivity contribution in [2.75, 3.05) is 6.54 Å². The molecule has 1 aliphatic heterocycles. The van der Waals surface area contributed by atoms with Crippen molar-refractivity contribution in [1.29, 1.82) is 0 Å². The molecular formula is C17H20F3N3O. The van der Waals surface area contributed by atoms with E-state index < -0.39 is 17.8 Å². The molecule has 2 unspecified atom stereocenters. The molecule has 1 aliphatic rings. The Hall–Kier alpha value is -1.86. The van der Waals surface area contributed by atoms with Crippen molar-refractivity contribution in [2.24, 2.45) is 7.05 Å². The van der Waals surface area contributed by atoms with Crippen molar-refractivity contribution in [2.45, 2.75) is 38.2 Å². The van der Waals surface area contributed by atoms with Crippen molar-refractivity contribution in [1.82, 2.24) is 14.7 Å². The van der Waals surface area contributed by atoms with E-state index in [1.54, 1.807) is 10.9 Å². The highest BCUT2D eigenvalue weighted by Crippen LogP contribution is 2.36. The summed E-state index contributed by atoms with van der Waals surface area (Å²) in [4.78, 5) is 2.09. The molecule has 0 saturated carbocycles. The molecule has 1 aromatic heterocycles. The fourth-order valence-electron chi connectivity index (χ4n) is 3.21. The zero-order valence-corrected chi connectivity index (χ0v) is 13.6. The number of nitrogens with zero attached hydrogens (tertiary/aromatic N) is 3. The van der Waals surface area contributed by atoms with Crippen molar-refractivity contribution < 1.29 is 18.3 Å². The first-order valence-corrected chi connectivity index (χ1v) is 7.82. The monoisotopic (exact) mass is 339 g/mol. The molecule has 24 heavy (non-hydrogen) atoms. The summed E-state index contributed by atoms with van der Waals surface area (Å²) in [7, 11) is 1.87. The summed E-state index contributed by atoms with van der Waals surface area (Å²) in [6.07, 6.45) is -2.50. The molecular weight excluding hydrogens is 319 g/mol. The summed E-state index contributed by atoms with van der Waals surface area (Å²) in [5.41, 5.74) is 2.24. The summed E-state index contributed by atoms with van der Waals surface area (Å²) in [6, 6.07) is 5.13. The van der Waals surface area contributed by atoms with Gasteiger partial charge in [-0.2, -0.15) is 18.3 Å². The Morgan fingerprint density at radius 2 is 1.92 bits per heavy atom. The second kappa shape index (κ2) is 6.22. The van der Waals surface area contributed by atoms with Crippen LogP contribution in [0.3, 0.4) is 0 Å². The molecule has 3 rings (SSSR count). The number of halogens is 3. The van der Waals surface area contributed by atoms with Crippen LogP contribution in [0.4, 0.5) is 13.2 Å². The maximum absolute atomic E-state index is 12.7. The SMILES string of the molecule is Cc1c(CN2CC(O)CC2c2ccc(C(F)(F)F)cc2)cnn1C. The predicted octanol–water partition coefficient (Wildman–Crippen LogP) is 3.06. The minimum atomic E-state index is -4.33. The molecule has 2 atom stereocenters. The van der Waals surface area contributed by atoms with E-state index in [0.29, 0.717) is 19.5 Å². The highest BCUT2D eigenvalue weighted by atomic mass is 19.4. The lowest BCUT2D eigenvalue weighted by Gasteiger charge is -2.24. The quantitative estimate of drug-likeness (QED) is 0.934. The maximum atomic E-state index is 12.7. The topological polar surface area (TPSA) is 41.3 Å². The number of aliphatic hydroxyl groups excluding tert-OH is 1. The number of aryl methyl sites for hydroxylation is 1. The fraction of sp³-hybridized carbons (Fsp3) is 0.471. The van der Waals surface area contributed by atoms with E-state index in [4.69, 9.17) is 0 Å². The molecule has 0 bridgehead atoms. The van der Waals surface area contributed by atoms with Gasteiger partial charge in [0.25, 0.3) is 0 Å². The molecule has 7 heteroatoms. The zero-order chi connectivity index (χ0) is 17.5. The van der Waals surface area contributed by atoms with Crippen LogP contribution in [0.25, 0.3) is 0 Å². The highest BCUT2D eigenvalue weighted by molar-refractivity contribution is 5.28. The first-order valence-electron chi connectivity index (χ1n) is 7.82. The van der Waals surface area contributed by atoms with Crippen LogP contribution in [0.2, 0.25) is 0 Å². The van der Waals surface area contributed by atoms with Crippen molar-refractivity contribution in [3.05, 3.63) is 52.8 Å². The van der Waals surface area contributed by atoms with Gasteiger partial charge in [0.05, 0.1) is 17.9 Å². The Balaban J connectivity index is 1.81. The number of aromatic nitrogens is 2. The number of hydrogen-bond donors (Lipinski definition) is 1. The van der Waals surface area contributed by atoms with Gasteiger partial charge in [0.15, 0.2) is 0 Å². The summed E-state index contributed by atoms with van der Waals surface area (Å²) < 4.78 is 39.9. The summed E-state index contributed by atoms with van der Waals surface area (Å²) in [5.74, 6) is 0. The van der Waals surface area contributed by atoms with E-state index in [-0.39, 0.29) is 6.04 Å². The Bertz CT molecular complexity index is 709. The molecule has 0 amide bonds. The van der Waals surface area contributed by atoms with Gasteiger partial charge in [0.1, 0.15) is 0 Å². The second-order valence-corrected chi connectivity index (χ2v) is 6.33. The lowest BCUT2D eigenvalue weighted by atomic mass is 10.0. The highest BCUT2D eigenvalue weighted by Gasteiger charge is 2.34. The molecule has 2 aromatic rings. The first-order chi connectivity index (χ1) is 11.3. The van der Waals surface area contributed by atoms with Gasteiger partial charge < -0.3 is 5.11 Å². The third kappa shape index (κ3) is 3.32. The van der Waals surface area contributed by atoms with Crippen LogP contribution in [-0.2, 0) is 19.8 Å². The van der Waals surface area contributed by atoms with Crippen LogP contribution in [0, 0.1) is 6.92 Å². The largest absolute Gasteiger partial charge is 0.416 e. The van der Waals surface area contributed by atoms with E-state index in [1.165, 1.54) is 12.1 Å². The van der Waals surface area contributed by atoms with Gasteiger partial charge in [-0.3, -0.25) is 9.58 Å². The minimum Gasteiger partial charge on any atom is -0.392 e. The number of benzene rings is 1. The Morgan fingerprint density at radius 1 is 1.25 bits per heavy atom. The van der Waals surface area contributed by atoms with E-state index in [2.05, 4.69) is 10.00 Å². The Labute approximate surface area is 138 Å². The molecule has 0 spiro atoms. The minimum absolute atomic E-state index is 0.0955. The average molecular weight is 339 g/mol. The third-order valence-electron chi connectivity index (χ3n) is 4.71. The van der Waals surface area contributed by atoms with E-state index in [0.717, 1.165) is 29.0 Å². The van der Waals surface area contributed by atoms with Crippen LogP contribution in [0.1, 0.15) is 34.8 Å². The van der Waals surface area contributed by atoms with Gasteiger partial charge in [-0.15, -0.1) is 0 Å². The van der Waals surface area contributed by atoms with Gasteiger partial charge in [-0.25, -0.2) is 0 Å². The summed E-state index contributed by atoms with van der Waals surface area (Å²) >= 11 is 0. The van der Waals surface area contributed by atoms with Crippen molar-refractivity contribution >= 4 is 0 Å². The Morgan fingerprint density at radius 3 is 2.46 bits per heavy atom. The van der Waals surface area contributed by atoms with Crippen molar-refractivity contribution in [3.63, 3.8) is 0 Å². The molecule has 0 radical (unpaired) electrons. The normalized spacial score (nSPS) is 22.2. The number of alkyl halides is 3. The van der Waals surface area contributed by atoms with Gasteiger partial charge in [0.2, 0.25) is 0 Å². The average Bonchev–Trinajstić information content (AvgIpc) is 3.04. The molecule has 130 valence electrons. The summed E-state index contributed by atoms with van der Waals surface area (Å²) in [6.45, 7) is 3.09. The number of rotatable bonds is 3. The molecule has 2 heterocycles. The van der Waals surface area contributed by atoms with Crippen LogP contribution in [-0.4, -0.2) is 32.4 Å². The molecule has 1 aromatic carbocycles. The molecule has 0 aliphatic carbocycles. The van der Waals surface area contributed by atoms with Gasteiger partial charge in [-0.1, -0.05) is 12.1 Å². The zero-order valence-electron chi connectivity index (χ0n) is 13.6. The second-order valence-electron chi connectivity index (χ2n) is 6.33. The fourth-order valence-corrected chi connectivity index (χ4v) is 3.21. The number of aliphatic hydroxyl groups is 1. The lowest BCUT2D eigenvalue weighted by molar-refractivity contribution is -0.137. The van der Waals surface area contributed by atoms with Crippen LogP contribution < -0.4 is 0 Å². The molecule has 1 saturated heterocycles. The molecule has 4 nitrogen and oxygen atoms in total. The Kier molecular flexibility index (Phi) is 4.40. The van der Waals surface area contributed by atoms with Crippen molar-refractivity contribution in [3.8, 4) is 0 Å². The number of likely N-dealkylation sites (tertiary alicyclic amines) is 1. The van der Waals surface area contributed by atoms with Gasteiger partial charge in [0, 0.05) is 37.4 Å². The van der Waals surface area contributed by atoms with E-state index in [9.17, 15) is 18.3 Å². The smallest absolute Gasteiger partial charge is 0.392 e. The van der Waals surface area contributed by atoms with E-state index >= 15 is 0 Å². The van der Waals surface area contributed by atoms with Crippen LogP contribution in [0.15, 0.2) is 30.5 Å². The van der Waals surface area contributed by atoms with Crippen LogP contribution >= 0.6 is 0 Å². The van der Waals surface area contributed by atoms with Gasteiger partial charge >= 0.3 is 6.18 Å². The molecule has 1 N–H and O–H groups in total. The predicted molar refractivity (Wildman–Crippen MR) is 83.2 cm³/mol. The first kappa shape index (κ1) is 17.0. The van der Waals surface area contributed by atoms with Gasteiger partial charge in [-0.05, 0) is 31.0 Å². The molecule has 1 fully saturated rings.